The van der Waals surface area contributed by atoms with Crippen molar-refractivity contribution in [1.29, 1.82) is 0 Å². The van der Waals surface area contributed by atoms with Gasteiger partial charge in [0, 0.05) is 19.3 Å². The topological polar surface area (TPSA) is 140 Å². The molecule has 0 heterocycles. The molecule has 0 aromatic rings. The summed E-state index contributed by atoms with van der Waals surface area (Å²) in [5.41, 5.74) is 0. The van der Waals surface area contributed by atoms with Crippen molar-refractivity contribution in [3.63, 3.8) is 0 Å². The van der Waals surface area contributed by atoms with Crippen molar-refractivity contribution in [3.8, 4) is 0 Å². The van der Waals surface area contributed by atoms with E-state index in [2.05, 4.69) is 57.2 Å². The van der Waals surface area contributed by atoms with Crippen LogP contribution in [0, 0.1) is 0 Å². The Morgan fingerprint density at radius 3 is 0.836 bits per heavy atom. The van der Waals surface area contributed by atoms with E-state index in [9.17, 15) is 29.7 Å². The lowest BCUT2D eigenvalue weighted by Gasteiger charge is -2.41. The summed E-state index contributed by atoms with van der Waals surface area (Å²) in [7, 11) is 0. The van der Waals surface area contributed by atoms with Crippen LogP contribution in [-0.4, -0.2) is 51.1 Å². The van der Waals surface area contributed by atoms with Gasteiger partial charge in [-0.1, -0.05) is 211 Å². The van der Waals surface area contributed by atoms with Crippen LogP contribution in [0.3, 0.4) is 0 Å². The molecule has 0 spiro atoms. The lowest BCUT2D eigenvalue weighted by molar-refractivity contribution is -0.460. The molecule has 67 heavy (non-hydrogen) atoms. The Bertz CT molecular complexity index is 1160. The minimum absolute atomic E-state index is 0.0413. The molecule has 0 fully saturated rings. The molecule has 0 aliphatic carbocycles. The molecule has 0 aliphatic rings. The molecule has 1 atom stereocenters. The van der Waals surface area contributed by atoms with Gasteiger partial charge in [-0.25, -0.2) is 0 Å². The van der Waals surface area contributed by atoms with Gasteiger partial charge in [0.25, 0.3) is 0 Å². The molecule has 1 unspecified atom stereocenters. The summed E-state index contributed by atoms with van der Waals surface area (Å²) in [5.74, 6) is -9.38. The van der Waals surface area contributed by atoms with Crippen LogP contribution in [0.25, 0.3) is 0 Å². The second-order valence-corrected chi connectivity index (χ2v) is 19.4. The number of unbranched alkanes of at least 4 members (excludes halogenated alkanes) is 33. The minimum atomic E-state index is -3.84. The third-order valence-corrected chi connectivity index (χ3v) is 12.8. The molecule has 0 aromatic carbocycles. The molecular weight excluding hydrogens is 841 g/mol. The molecule has 0 amide bonds. The molecule has 0 rings (SSSR count). The molecule has 0 aromatic heterocycles. The molecular formula is C58H106O9. The van der Waals surface area contributed by atoms with Crippen LogP contribution in [0.5, 0.6) is 0 Å². The molecule has 392 valence electrons. The van der Waals surface area contributed by atoms with Crippen molar-refractivity contribution in [1.82, 2.24) is 0 Å². The number of esters is 3. The molecule has 0 radical (unpaired) electrons. The van der Waals surface area contributed by atoms with Crippen LogP contribution >= 0.6 is 0 Å². The molecule has 9 heteroatoms. The molecule has 3 N–H and O–H groups in total. The Balaban J connectivity index is 5.03. The predicted octanol–water partition coefficient (Wildman–Crippen LogP) is 16.4. The van der Waals surface area contributed by atoms with Crippen molar-refractivity contribution in [2.75, 3.05) is 0 Å². The summed E-state index contributed by atoms with van der Waals surface area (Å²) < 4.78 is 16.5. The summed E-state index contributed by atoms with van der Waals surface area (Å²) in [5, 5.41) is 32.0. The van der Waals surface area contributed by atoms with Crippen molar-refractivity contribution >= 4 is 17.9 Å². The van der Waals surface area contributed by atoms with Crippen LogP contribution in [0.1, 0.15) is 297 Å². The number of ether oxygens (including phenoxy) is 3. The fourth-order valence-corrected chi connectivity index (χ4v) is 8.39. The third kappa shape index (κ3) is 40.0. The SMILES string of the molecule is CCCCCCCC/C=C\CCCCCCCC(=O)OC(C)C(OC(=O)CCCCCCC/C=C\CCCCCCCC)(OC(=O)CCCCCCC/C=C\CCCCCCCC)C(O)(O)O. The first kappa shape index (κ1) is 64.5. The van der Waals surface area contributed by atoms with Crippen molar-refractivity contribution in [3.05, 3.63) is 36.5 Å². The predicted molar refractivity (Wildman–Crippen MR) is 278 cm³/mol. The van der Waals surface area contributed by atoms with E-state index in [1.54, 1.807) is 0 Å². The zero-order valence-corrected chi connectivity index (χ0v) is 44.0. The van der Waals surface area contributed by atoms with E-state index < -0.39 is 35.8 Å². The zero-order chi connectivity index (χ0) is 49.4. The summed E-state index contributed by atoms with van der Waals surface area (Å²) in [6.07, 6.45) is 54.7. The van der Waals surface area contributed by atoms with Crippen molar-refractivity contribution in [2.24, 2.45) is 0 Å². The standard InChI is InChI=1S/C58H106O9/c1-5-8-11-14-17-20-23-26-29-32-35-38-41-44-47-50-54(59)65-53(4)57(58(62,63)64,66-55(60)51-48-45-42-39-36-33-30-27-24-21-18-15-12-9-6-2)67-56(61)52-49-46-43-40-37-34-31-28-25-22-19-16-13-10-7-3/h26-31,53,62-64H,5-25,32-52H2,1-4H3/b29-26-,30-27-,31-28-. The zero-order valence-electron chi connectivity index (χ0n) is 44.0. The average Bonchev–Trinajstić information content (AvgIpc) is 3.29. The number of carbonyl (C=O) groups excluding carboxylic acids is 3. The van der Waals surface area contributed by atoms with E-state index >= 15 is 0 Å². The van der Waals surface area contributed by atoms with Gasteiger partial charge in [-0.05, 0) is 103 Å². The van der Waals surface area contributed by atoms with E-state index in [4.69, 9.17) is 14.2 Å². The van der Waals surface area contributed by atoms with Gasteiger partial charge in [-0.2, -0.15) is 0 Å². The lowest BCUT2D eigenvalue weighted by Crippen LogP contribution is -2.66. The Morgan fingerprint density at radius 1 is 0.358 bits per heavy atom. The summed E-state index contributed by atoms with van der Waals surface area (Å²) in [6, 6.07) is 0. The fourth-order valence-electron chi connectivity index (χ4n) is 8.39. The molecule has 0 aliphatic heterocycles. The van der Waals surface area contributed by atoms with Crippen LogP contribution < -0.4 is 0 Å². The normalized spacial score (nSPS) is 12.8. The summed E-state index contributed by atoms with van der Waals surface area (Å²) in [6.45, 7) is 7.95. The Morgan fingerprint density at radius 2 is 0.582 bits per heavy atom. The summed E-state index contributed by atoms with van der Waals surface area (Å²) >= 11 is 0. The number of hydrogen-bond acceptors (Lipinski definition) is 9. The second kappa shape index (κ2) is 47.2. The quantitative estimate of drug-likeness (QED) is 0.0235. The second-order valence-electron chi connectivity index (χ2n) is 19.4. The van der Waals surface area contributed by atoms with Gasteiger partial charge >= 0.3 is 29.7 Å². The number of aliphatic hydroxyl groups is 3. The smallest absolute Gasteiger partial charge is 0.376 e. The number of allylic oxidation sites excluding steroid dienone is 6. The fraction of sp³-hybridized carbons (Fsp3) is 0.845. The largest absolute Gasteiger partial charge is 0.454 e. The lowest BCUT2D eigenvalue weighted by atomic mass is 10.1. The maximum Gasteiger partial charge on any atom is 0.376 e. The molecule has 0 bridgehead atoms. The Kier molecular flexibility index (Phi) is 45.4. The van der Waals surface area contributed by atoms with E-state index in [0.29, 0.717) is 19.3 Å². The van der Waals surface area contributed by atoms with Gasteiger partial charge in [0.2, 0.25) is 0 Å². The maximum absolute atomic E-state index is 13.2. The van der Waals surface area contributed by atoms with Gasteiger partial charge < -0.3 is 29.5 Å². The average molecular weight is 947 g/mol. The monoisotopic (exact) mass is 947 g/mol. The van der Waals surface area contributed by atoms with E-state index in [-0.39, 0.29) is 19.3 Å². The van der Waals surface area contributed by atoms with Crippen LogP contribution in [-0.2, 0) is 28.6 Å². The van der Waals surface area contributed by atoms with E-state index in [0.717, 1.165) is 116 Å². The third-order valence-electron chi connectivity index (χ3n) is 12.8. The highest BCUT2D eigenvalue weighted by atomic mass is 16.8. The molecule has 9 nitrogen and oxygen atoms in total. The van der Waals surface area contributed by atoms with Crippen molar-refractivity contribution < 1.29 is 43.9 Å². The van der Waals surface area contributed by atoms with Gasteiger partial charge in [0.05, 0.1) is 0 Å². The van der Waals surface area contributed by atoms with Crippen LogP contribution in [0.15, 0.2) is 36.5 Å². The van der Waals surface area contributed by atoms with Crippen molar-refractivity contribution in [2.45, 2.75) is 315 Å². The van der Waals surface area contributed by atoms with Crippen LogP contribution in [0.2, 0.25) is 0 Å². The Hall–Kier alpha value is -2.49. The number of carbonyl (C=O) groups is 3. The first-order valence-corrected chi connectivity index (χ1v) is 28.3. The maximum atomic E-state index is 13.2. The van der Waals surface area contributed by atoms with Gasteiger partial charge in [-0.3, -0.25) is 14.4 Å². The number of rotatable bonds is 50. The van der Waals surface area contributed by atoms with Crippen LogP contribution in [0.4, 0.5) is 0 Å². The van der Waals surface area contributed by atoms with E-state index in [1.165, 1.54) is 122 Å². The highest BCUT2D eigenvalue weighted by Crippen LogP contribution is 2.33. The molecule has 0 saturated heterocycles. The van der Waals surface area contributed by atoms with Gasteiger partial charge in [0.1, 0.15) is 0 Å². The minimum Gasteiger partial charge on any atom is -0.454 e. The summed E-state index contributed by atoms with van der Waals surface area (Å²) in [4.78, 5) is 39.5. The van der Waals surface area contributed by atoms with E-state index in [1.807, 2.05) is 0 Å². The molecule has 0 saturated carbocycles. The van der Waals surface area contributed by atoms with Gasteiger partial charge in [-0.15, -0.1) is 0 Å². The first-order chi connectivity index (χ1) is 32.5. The Labute approximate surface area is 412 Å². The highest BCUT2D eigenvalue weighted by Gasteiger charge is 2.63. The highest BCUT2D eigenvalue weighted by molar-refractivity contribution is 5.73. The number of hydrogen-bond donors (Lipinski definition) is 3. The van der Waals surface area contributed by atoms with Gasteiger partial charge in [0.15, 0.2) is 6.10 Å². The first-order valence-electron chi connectivity index (χ1n) is 28.3.